The van der Waals surface area contributed by atoms with Gasteiger partial charge in [0.25, 0.3) is 0 Å². The first-order valence-electron chi connectivity index (χ1n) is 0.667. The van der Waals surface area contributed by atoms with E-state index in [1.807, 2.05) is 0 Å². The van der Waals surface area contributed by atoms with Crippen molar-refractivity contribution in [2.24, 2.45) is 0 Å². The summed E-state index contributed by atoms with van der Waals surface area (Å²) in [6.45, 7) is 0. The van der Waals surface area contributed by atoms with Crippen molar-refractivity contribution in [3.05, 3.63) is 0 Å². The molecule has 0 N–H and O–H groups in total. The maximum atomic E-state index is 8.52. The molecular weight excluding hydrogens is 256 g/mol. The van der Waals surface area contributed by atoms with Crippen molar-refractivity contribution in [1.82, 2.24) is 0 Å². The first-order valence-corrected chi connectivity index (χ1v) is 2.00. The average Bonchev–Trinajstić information content (AvgIpc) is 0.722. The van der Waals surface area contributed by atoms with E-state index in [1.165, 1.54) is 0 Å². The Bertz CT molecular complexity index is 104. The van der Waals surface area contributed by atoms with E-state index in [1.54, 1.807) is 0 Å². The zero-order chi connectivity index (χ0) is 4.50. The molecule has 10 heteroatoms. The van der Waals surface area contributed by atoms with E-state index in [0.717, 1.165) is 0 Å². The van der Waals surface area contributed by atoms with Gasteiger partial charge < -0.3 is 33.9 Å². The molecule has 10 heavy (non-hydrogen) atoms. The third-order valence-corrected chi connectivity index (χ3v) is 0. The van der Waals surface area contributed by atoms with E-state index in [-0.39, 0.29) is 109 Å². The fraction of sp³-hybridized carbons (Fsp3) is 0. The van der Waals surface area contributed by atoms with E-state index < -0.39 is 10.4 Å². The van der Waals surface area contributed by atoms with Crippen LogP contribution in [0.5, 0.6) is 0 Å². The molecule has 0 aliphatic rings. The van der Waals surface area contributed by atoms with Crippen molar-refractivity contribution in [2.45, 2.75) is 0 Å². The summed E-state index contributed by atoms with van der Waals surface area (Å²) in [6.07, 6.45) is 0. The summed E-state index contributed by atoms with van der Waals surface area (Å²) in [4.78, 5) is 0. The monoisotopic (exact) mass is 254 g/mol. The van der Waals surface area contributed by atoms with Crippen LogP contribution in [0.15, 0.2) is 0 Å². The molecule has 0 aromatic rings. The number of hydrogen-bond acceptors (Lipinski definition) is 4. The van der Waals surface area contributed by atoms with Gasteiger partial charge in [0.1, 0.15) is 0 Å². The van der Waals surface area contributed by atoms with Crippen molar-refractivity contribution in [3.63, 3.8) is 0 Å². The molecular formula is CaCl2Mg2O4S+2. The Hall–Kier alpha value is 3.24. The zero-order valence-corrected chi connectivity index (χ0v) is 12.3. The van der Waals surface area contributed by atoms with Gasteiger partial charge in [-0.15, -0.1) is 0 Å². The molecule has 4 nitrogen and oxygen atoms in total. The van der Waals surface area contributed by atoms with Crippen LogP contribution in [-0.4, -0.2) is 101 Å². The van der Waals surface area contributed by atoms with E-state index in [4.69, 9.17) is 17.5 Å². The Kier molecular flexibility index (Phi) is 68.5. The minimum Gasteiger partial charge on any atom is -1.00 e. The van der Waals surface area contributed by atoms with Crippen LogP contribution >= 0.6 is 0 Å². The second-order valence-electron chi connectivity index (χ2n) is 0.408. The van der Waals surface area contributed by atoms with Gasteiger partial charge in [-0.05, 0) is 0 Å². The fourth-order valence-electron chi connectivity index (χ4n) is 0. The molecule has 0 aromatic heterocycles. The molecule has 0 unspecified atom stereocenters. The van der Waals surface area contributed by atoms with E-state index in [0.29, 0.717) is 0 Å². The van der Waals surface area contributed by atoms with Gasteiger partial charge in [0.2, 0.25) is 0 Å². The van der Waals surface area contributed by atoms with Crippen LogP contribution in [0.2, 0.25) is 0 Å². The molecule has 0 aliphatic heterocycles. The Morgan fingerprint density at radius 2 is 0.900 bits per heavy atom. The molecule has 0 bridgehead atoms. The molecule has 0 amide bonds. The third-order valence-electron chi connectivity index (χ3n) is 0. The Balaban J connectivity index is -0.00000000800. The van der Waals surface area contributed by atoms with Crippen molar-refractivity contribution in [3.8, 4) is 0 Å². The Morgan fingerprint density at radius 1 is 0.900 bits per heavy atom. The van der Waals surface area contributed by atoms with Crippen LogP contribution in [0, 0.1) is 0 Å². The standard InChI is InChI=1S/Ca.2ClH.2Mg.H2O4S/c;;;;;1-5(2,3)4/h;2*1H;;;(H2,1,2,3,4)/q+2;;;2*+2;/p-4. The smallest absolute Gasteiger partial charge is 1.00 e. The van der Waals surface area contributed by atoms with Crippen LogP contribution in [0.4, 0.5) is 0 Å². The second kappa shape index (κ2) is 18.1. The van der Waals surface area contributed by atoms with Crippen LogP contribution < -0.4 is 24.8 Å². The van der Waals surface area contributed by atoms with Crippen LogP contribution in [0.3, 0.4) is 0 Å². The fourth-order valence-corrected chi connectivity index (χ4v) is 0. The van der Waals surface area contributed by atoms with Gasteiger partial charge in [0.15, 0.2) is 0 Å². The van der Waals surface area contributed by atoms with Gasteiger partial charge in [-0.25, -0.2) is 0 Å². The SMILES string of the molecule is O=S(=O)([O-])[O-].[Ca+2].[Cl-].[Cl-].[Mg+2].[Mg+2]. The molecule has 0 radical (unpaired) electrons. The predicted molar refractivity (Wildman–Crippen MR) is 27.7 cm³/mol. The normalized spacial score (nSPS) is 5.80. The summed E-state index contributed by atoms with van der Waals surface area (Å²) in [7, 11) is -5.17. The molecule has 0 atom stereocenters. The van der Waals surface area contributed by atoms with Gasteiger partial charge in [0.05, 0.1) is 0 Å². The summed E-state index contributed by atoms with van der Waals surface area (Å²) in [5.41, 5.74) is 0. The van der Waals surface area contributed by atoms with E-state index >= 15 is 0 Å². The van der Waals surface area contributed by atoms with Crippen molar-refractivity contribution >= 4 is 94.2 Å². The van der Waals surface area contributed by atoms with Crippen LogP contribution in [0.25, 0.3) is 0 Å². The van der Waals surface area contributed by atoms with Crippen molar-refractivity contribution in [1.29, 1.82) is 0 Å². The number of hydrogen-bond donors (Lipinski definition) is 0. The summed E-state index contributed by atoms with van der Waals surface area (Å²) in [6, 6.07) is 0. The van der Waals surface area contributed by atoms with Gasteiger partial charge in [0, 0.05) is 10.4 Å². The maximum Gasteiger partial charge on any atom is 2.00 e. The minimum absolute atomic E-state index is 0. The largest absolute Gasteiger partial charge is 2.00 e. The first-order chi connectivity index (χ1) is 2.00. The second-order valence-corrected chi connectivity index (χ2v) is 1.22. The zero-order valence-electron chi connectivity index (χ0n) is 4.92. The van der Waals surface area contributed by atoms with Gasteiger partial charge in [-0.2, -0.15) is 0 Å². The first kappa shape index (κ1) is 37.8. The Labute approximate surface area is 134 Å². The van der Waals surface area contributed by atoms with Crippen molar-refractivity contribution < 1.29 is 42.3 Å². The quantitative estimate of drug-likeness (QED) is 0.245. The van der Waals surface area contributed by atoms with Gasteiger partial charge in [-0.1, -0.05) is 0 Å². The predicted octanol–water partition coefficient (Wildman–Crippen LogP) is -8.47. The van der Waals surface area contributed by atoms with Crippen LogP contribution in [0.1, 0.15) is 0 Å². The molecule has 0 heterocycles. The maximum absolute atomic E-state index is 8.52. The average molecular weight is 256 g/mol. The van der Waals surface area contributed by atoms with E-state index in [9.17, 15) is 0 Å². The molecule has 0 rings (SSSR count). The minimum atomic E-state index is -5.17. The topological polar surface area (TPSA) is 80.3 Å². The summed E-state index contributed by atoms with van der Waals surface area (Å²) < 4.78 is 34.1. The van der Waals surface area contributed by atoms with Crippen molar-refractivity contribution in [2.75, 3.05) is 0 Å². The molecule has 0 spiro atoms. The molecule has 0 saturated carbocycles. The molecule has 48 valence electrons. The Morgan fingerprint density at radius 3 is 0.900 bits per heavy atom. The van der Waals surface area contributed by atoms with Crippen LogP contribution in [-0.2, 0) is 10.4 Å². The molecule has 0 saturated heterocycles. The van der Waals surface area contributed by atoms with E-state index in [2.05, 4.69) is 0 Å². The summed E-state index contributed by atoms with van der Waals surface area (Å²) in [5.74, 6) is 0. The molecule has 0 fully saturated rings. The van der Waals surface area contributed by atoms with Gasteiger partial charge in [-0.3, -0.25) is 8.42 Å². The number of halogens is 2. The third kappa shape index (κ3) is 112. The van der Waals surface area contributed by atoms with Gasteiger partial charge >= 0.3 is 83.8 Å². The molecule has 0 aliphatic carbocycles. The molecule has 0 aromatic carbocycles. The summed E-state index contributed by atoms with van der Waals surface area (Å²) in [5, 5.41) is 0. The number of rotatable bonds is 0. The summed E-state index contributed by atoms with van der Waals surface area (Å²) >= 11 is 0.